The minimum Gasteiger partial charge on any atom is -0.677 e. The number of hydrogen-bond acceptors (Lipinski definition) is 0. The van der Waals surface area contributed by atoms with E-state index in [4.69, 9.17) is 5.73 Å². The maximum Gasteiger partial charge on any atom is 1.00 e. The average molecular weight is 97.2 g/mol. The van der Waals surface area contributed by atoms with Gasteiger partial charge in [-0.2, -0.15) is 6.54 Å². The number of hydrogen-bond donors (Lipinski definition) is 0. The van der Waals surface area contributed by atoms with Crippen molar-refractivity contribution in [2.24, 2.45) is 0 Å². The molecule has 0 heterocycles. The van der Waals surface area contributed by atoms with Crippen molar-refractivity contribution in [3.63, 3.8) is 0 Å². The van der Waals surface area contributed by atoms with E-state index in [0.29, 0.717) is 6.54 Å². The zero-order chi connectivity index (χ0) is 3.41. The Morgan fingerprint density at radius 3 is 1.80 bits per heavy atom. The summed E-state index contributed by atoms with van der Waals surface area (Å²) in [5, 5.41) is 0. The van der Waals surface area contributed by atoms with Crippen LogP contribution >= 0.6 is 0 Å². The molecule has 0 aliphatic carbocycles. The van der Waals surface area contributed by atoms with E-state index >= 15 is 0 Å². The maximum absolute atomic E-state index is 6.45. The van der Waals surface area contributed by atoms with Crippen molar-refractivity contribution in [3.05, 3.63) is 5.73 Å². The van der Waals surface area contributed by atoms with Gasteiger partial charge in [0, 0.05) is 0 Å². The van der Waals surface area contributed by atoms with Crippen LogP contribution in [0.15, 0.2) is 0 Å². The molecule has 0 saturated carbocycles. The van der Waals surface area contributed by atoms with Crippen molar-refractivity contribution in [1.82, 2.24) is 0 Å². The van der Waals surface area contributed by atoms with Crippen LogP contribution in [0.2, 0.25) is 0 Å². The molecule has 0 aromatic rings. The van der Waals surface area contributed by atoms with Crippen LogP contribution in [0.3, 0.4) is 0 Å². The van der Waals surface area contributed by atoms with Gasteiger partial charge in [0.2, 0.25) is 0 Å². The Morgan fingerprint density at radius 2 is 1.80 bits per heavy atom. The predicted molar refractivity (Wildman–Crippen MR) is 19.5 cm³/mol. The van der Waals surface area contributed by atoms with E-state index in [0.717, 1.165) is 6.42 Å². The molecule has 1 N–H and O–H groups in total. The summed E-state index contributed by atoms with van der Waals surface area (Å²) >= 11 is 0. The molecule has 0 aromatic heterocycles. The molecule has 0 unspecified atom stereocenters. The molecule has 0 fully saturated rings. The summed E-state index contributed by atoms with van der Waals surface area (Å²) < 4.78 is 0. The molecule has 0 radical (unpaired) electrons. The molecule has 0 spiro atoms. The van der Waals surface area contributed by atoms with E-state index in [1.54, 1.807) is 0 Å². The van der Waals surface area contributed by atoms with Gasteiger partial charge in [0.1, 0.15) is 0 Å². The summed E-state index contributed by atoms with van der Waals surface area (Å²) in [5.74, 6) is 0. The molecule has 5 heavy (non-hydrogen) atoms. The fourth-order valence-electron chi connectivity index (χ4n) is 0. The van der Waals surface area contributed by atoms with Crippen molar-refractivity contribution in [3.8, 4) is 0 Å². The Bertz CT molecular complexity index is 8.85. The summed E-state index contributed by atoms with van der Waals surface area (Å²) in [5.41, 5.74) is 6.45. The molecule has 26 valence electrons. The van der Waals surface area contributed by atoms with E-state index < -0.39 is 0 Å². The molecule has 0 aliphatic heterocycles. The Kier molecular flexibility index (Phi) is 17.9. The van der Waals surface area contributed by atoms with Gasteiger partial charge < -0.3 is 5.73 Å². The van der Waals surface area contributed by atoms with Gasteiger partial charge in [-0.15, -0.1) is 0 Å². The molecule has 0 bridgehead atoms. The minimum atomic E-state index is 0. The first-order chi connectivity index (χ1) is 1.91. The molecule has 0 rings (SSSR count). The summed E-state index contributed by atoms with van der Waals surface area (Å²) in [6, 6.07) is 0. The molecule has 0 saturated heterocycles. The fraction of sp³-hybridized carbons (Fsp3) is 1.00. The zero-order valence-corrected chi connectivity index (χ0v) is 7.04. The van der Waals surface area contributed by atoms with E-state index in [1.165, 1.54) is 0 Å². The molecule has 0 amide bonds. The fourth-order valence-corrected chi connectivity index (χ4v) is 0. The largest absolute Gasteiger partial charge is 1.00 e. The minimum absolute atomic E-state index is 0. The summed E-state index contributed by atoms with van der Waals surface area (Å²) in [6.45, 7) is 2.56. The van der Waals surface area contributed by atoms with Gasteiger partial charge in [-0.05, 0) is 0 Å². The summed E-state index contributed by atoms with van der Waals surface area (Å²) in [7, 11) is 0. The van der Waals surface area contributed by atoms with Gasteiger partial charge in [-0.3, -0.25) is 0 Å². The van der Waals surface area contributed by atoms with Crippen LogP contribution in [0, 0.1) is 0 Å². The van der Waals surface area contributed by atoms with Crippen molar-refractivity contribution >= 4 is 0 Å². The second-order valence-electron chi connectivity index (χ2n) is 0.750. The average Bonchev–Trinajstić information content (AvgIpc) is 1.37. The third kappa shape index (κ3) is 10.7. The Morgan fingerprint density at radius 1 is 1.60 bits per heavy atom. The van der Waals surface area contributed by atoms with E-state index in [9.17, 15) is 0 Å². The van der Waals surface area contributed by atoms with Crippen molar-refractivity contribution in [2.75, 3.05) is 6.54 Å². The topological polar surface area (TPSA) is 23.8 Å². The molecule has 2 heteroatoms. The Labute approximate surface area is 75.7 Å². The SMILES string of the molecule is CCC[NH-].[K+]. The van der Waals surface area contributed by atoms with Crippen LogP contribution in [0.1, 0.15) is 13.3 Å². The first kappa shape index (κ1) is 9.78. The molecular weight excluding hydrogens is 89.1 g/mol. The third-order valence-corrected chi connectivity index (χ3v) is 0.250. The Hall–Kier alpha value is 1.60. The van der Waals surface area contributed by atoms with Gasteiger partial charge in [0.15, 0.2) is 0 Å². The second kappa shape index (κ2) is 9.14. The standard InChI is InChI=1S/C3H8N.K/c1-2-3-4;/h4H,2-3H2,1H3;/q-1;+1. The van der Waals surface area contributed by atoms with Crippen LogP contribution in [0.5, 0.6) is 0 Å². The van der Waals surface area contributed by atoms with Gasteiger partial charge in [0.05, 0.1) is 0 Å². The molecule has 0 aromatic carbocycles. The summed E-state index contributed by atoms with van der Waals surface area (Å²) in [4.78, 5) is 0. The number of nitrogens with one attached hydrogen (secondary N) is 1. The monoisotopic (exact) mass is 97.0 g/mol. The van der Waals surface area contributed by atoms with Gasteiger partial charge in [-0.25, -0.2) is 0 Å². The Balaban J connectivity index is 0. The van der Waals surface area contributed by atoms with Gasteiger partial charge in [0.25, 0.3) is 0 Å². The van der Waals surface area contributed by atoms with Crippen LogP contribution in [-0.4, -0.2) is 6.54 Å². The quantitative estimate of drug-likeness (QED) is 0.354. The van der Waals surface area contributed by atoms with Crippen LogP contribution < -0.4 is 51.4 Å². The summed E-state index contributed by atoms with van der Waals surface area (Å²) in [6.07, 6.45) is 0.986. The van der Waals surface area contributed by atoms with Crippen LogP contribution in [0.25, 0.3) is 5.73 Å². The molecular formula is C3H8KN. The third-order valence-electron chi connectivity index (χ3n) is 0.250. The molecule has 0 atom stereocenters. The van der Waals surface area contributed by atoms with Gasteiger partial charge >= 0.3 is 51.4 Å². The number of rotatable bonds is 1. The first-order valence-corrected chi connectivity index (χ1v) is 1.56. The smallest absolute Gasteiger partial charge is 0.677 e. The second-order valence-corrected chi connectivity index (χ2v) is 0.750. The van der Waals surface area contributed by atoms with E-state index in [1.807, 2.05) is 6.92 Å². The van der Waals surface area contributed by atoms with Crippen molar-refractivity contribution < 1.29 is 51.4 Å². The van der Waals surface area contributed by atoms with Gasteiger partial charge in [-0.1, -0.05) is 13.3 Å². The predicted octanol–water partition coefficient (Wildman–Crippen LogP) is -1.55. The van der Waals surface area contributed by atoms with Crippen molar-refractivity contribution in [2.45, 2.75) is 13.3 Å². The zero-order valence-electron chi connectivity index (χ0n) is 3.91. The normalized spacial score (nSPS) is 6.00. The molecule has 1 nitrogen and oxygen atoms in total. The van der Waals surface area contributed by atoms with E-state index in [2.05, 4.69) is 0 Å². The van der Waals surface area contributed by atoms with Crippen LogP contribution in [0.4, 0.5) is 0 Å². The first-order valence-electron chi connectivity index (χ1n) is 1.56. The maximum atomic E-state index is 6.45. The van der Waals surface area contributed by atoms with Crippen LogP contribution in [-0.2, 0) is 0 Å². The molecule has 0 aliphatic rings. The van der Waals surface area contributed by atoms with Crippen molar-refractivity contribution in [1.29, 1.82) is 0 Å². The van der Waals surface area contributed by atoms with E-state index in [-0.39, 0.29) is 51.4 Å².